The molecule has 0 fully saturated rings. The van der Waals surface area contributed by atoms with E-state index in [-0.39, 0.29) is 28.9 Å². The Morgan fingerprint density at radius 1 is 0.923 bits per heavy atom. The van der Waals surface area contributed by atoms with Gasteiger partial charge in [0.2, 0.25) is 8.32 Å². The van der Waals surface area contributed by atoms with E-state index in [9.17, 15) is 0 Å². The topological polar surface area (TPSA) is 36.9 Å². The van der Waals surface area contributed by atoms with Crippen molar-refractivity contribution < 1.29 is 18.3 Å². The molecule has 0 amide bonds. The number of rotatable bonds is 10. The first kappa shape index (κ1) is 25.9. The maximum absolute atomic E-state index is 6.40. The van der Waals surface area contributed by atoms with Gasteiger partial charge in [-0.3, -0.25) is 0 Å². The second-order valence-electron chi connectivity index (χ2n) is 10.4. The van der Waals surface area contributed by atoms with Gasteiger partial charge in [-0.1, -0.05) is 55.0 Å². The van der Waals surface area contributed by atoms with Crippen molar-refractivity contribution in [3.8, 4) is 0 Å². The van der Waals surface area contributed by atoms with Crippen LogP contribution >= 0.6 is 0 Å². The van der Waals surface area contributed by atoms with Gasteiger partial charge in [0.15, 0.2) is 8.32 Å². The van der Waals surface area contributed by atoms with Crippen LogP contribution in [-0.2, 0) is 18.3 Å². The van der Waals surface area contributed by atoms with E-state index in [4.69, 9.17) is 18.3 Å². The summed E-state index contributed by atoms with van der Waals surface area (Å²) < 4.78 is 23.9. The molecule has 0 N–H and O–H groups in total. The predicted molar refractivity (Wildman–Crippen MR) is 116 cm³/mol. The molecule has 0 radical (unpaired) electrons. The van der Waals surface area contributed by atoms with Crippen LogP contribution in [0.2, 0.25) is 36.3 Å². The zero-order valence-corrected chi connectivity index (χ0v) is 21.4. The van der Waals surface area contributed by atoms with Crippen LogP contribution in [0, 0.1) is 5.92 Å². The van der Waals surface area contributed by atoms with Crippen molar-refractivity contribution in [2.75, 3.05) is 20.5 Å². The molecule has 0 aliphatic rings. The molecule has 0 aromatic rings. The highest BCUT2D eigenvalue weighted by Crippen LogP contribution is 2.39. The van der Waals surface area contributed by atoms with Crippen LogP contribution in [0.15, 0.2) is 12.3 Å². The van der Waals surface area contributed by atoms with Crippen LogP contribution in [0.1, 0.15) is 48.5 Å². The fourth-order valence-electron chi connectivity index (χ4n) is 1.90. The summed E-state index contributed by atoms with van der Waals surface area (Å²) in [6, 6.07) is 0. The van der Waals surface area contributed by atoms with E-state index in [1.54, 1.807) is 7.11 Å². The molecule has 4 nitrogen and oxygen atoms in total. The Morgan fingerprint density at radius 3 is 1.77 bits per heavy atom. The normalized spacial score (nSPS) is 16.3. The van der Waals surface area contributed by atoms with Crippen LogP contribution in [0.3, 0.4) is 0 Å². The van der Waals surface area contributed by atoms with E-state index >= 15 is 0 Å². The molecule has 0 rings (SSSR count). The summed E-state index contributed by atoms with van der Waals surface area (Å²) >= 11 is 0. The molecule has 0 saturated carbocycles. The minimum Gasteiger partial charge on any atom is -0.545 e. The summed E-state index contributed by atoms with van der Waals surface area (Å²) in [5.74, 6) is 0.830. The predicted octanol–water partition coefficient (Wildman–Crippen LogP) is 6.17. The summed E-state index contributed by atoms with van der Waals surface area (Å²) in [6.45, 7) is 29.6. The highest BCUT2D eigenvalue weighted by atomic mass is 28.4. The maximum atomic E-state index is 6.40. The monoisotopic (exact) mass is 404 g/mol. The van der Waals surface area contributed by atoms with E-state index in [0.717, 1.165) is 0 Å². The zero-order chi connectivity index (χ0) is 21.0. The first-order valence-corrected chi connectivity index (χ1v) is 15.4. The lowest BCUT2D eigenvalue weighted by molar-refractivity contribution is -0.0902. The highest BCUT2D eigenvalue weighted by Gasteiger charge is 2.41. The number of hydrogen-bond donors (Lipinski definition) is 0. The fourth-order valence-corrected chi connectivity index (χ4v) is 4.09. The first-order valence-electron chi connectivity index (χ1n) is 9.58. The Labute approximate surface area is 164 Å². The van der Waals surface area contributed by atoms with Crippen molar-refractivity contribution in [2.24, 2.45) is 5.92 Å². The Balaban J connectivity index is 5.16. The van der Waals surface area contributed by atoms with Gasteiger partial charge in [0.25, 0.3) is 0 Å². The van der Waals surface area contributed by atoms with Crippen molar-refractivity contribution >= 4 is 16.6 Å². The summed E-state index contributed by atoms with van der Waals surface area (Å²) in [7, 11) is -2.13. The summed E-state index contributed by atoms with van der Waals surface area (Å²) in [5, 5.41) is 0.298. The van der Waals surface area contributed by atoms with Crippen LogP contribution in [-0.4, -0.2) is 43.2 Å². The number of hydrogen-bond acceptors (Lipinski definition) is 4. The lowest BCUT2D eigenvalue weighted by atomic mass is 10.1. The van der Waals surface area contributed by atoms with Gasteiger partial charge in [-0.15, -0.1) is 0 Å². The molecule has 0 unspecified atom stereocenters. The van der Waals surface area contributed by atoms with E-state index in [0.29, 0.717) is 12.4 Å². The van der Waals surface area contributed by atoms with Crippen LogP contribution in [0.25, 0.3) is 0 Å². The lowest BCUT2D eigenvalue weighted by Crippen LogP contribution is -2.45. The lowest BCUT2D eigenvalue weighted by Gasteiger charge is -2.40. The molecule has 0 heterocycles. The van der Waals surface area contributed by atoms with E-state index in [1.165, 1.54) is 0 Å². The Morgan fingerprint density at radius 2 is 1.38 bits per heavy atom. The van der Waals surface area contributed by atoms with Crippen LogP contribution in [0.5, 0.6) is 0 Å². The zero-order valence-electron chi connectivity index (χ0n) is 19.4. The van der Waals surface area contributed by atoms with Crippen LogP contribution in [0.4, 0.5) is 0 Å². The van der Waals surface area contributed by atoms with Gasteiger partial charge in [0.1, 0.15) is 18.7 Å². The van der Waals surface area contributed by atoms with Crippen molar-refractivity contribution in [1.29, 1.82) is 0 Å². The van der Waals surface area contributed by atoms with Gasteiger partial charge in [-0.25, -0.2) is 0 Å². The molecule has 0 aromatic heterocycles. The number of methoxy groups -OCH3 is 1. The standard InChI is InChI=1S/C20H44O4Si2/c1-16(14-23-25(10,11)19(3,4)5)18(22-15-21-9)17(2)24-26(12,13)20(6,7)8/h16,18H,2,14-15H2,1,3-13H3/t16-,18+/m1/s1. The van der Waals surface area contributed by atoms with E-state index in [2.05, 4.69) is 81.2 Å². The van der Waals surface area contributed by atoms with E-state index < -0.39 is 16.6 Å². The van der Waals surface area contributed by atoms with Crippen molar-refractivity contribution in [2.45, 2.75) is 90.8 Å². The quantitative estimate of drug-likeness (QED) is 0.248. The van der Waals surface area contributed by atoms with Crippen molar-refractivity contribution in [3.63, 3.8) is 0 Å². The van der Waals surface area contributed by atoms with Gasteiger partial charge >= 0.3 is 0 Å². The molecule has 0 aromatic carbocycles. The van der Waals surface area contributed by atoms with Gasteiger partial charge in [-0.05, 0) is 36.3 Å². The summed E-state index contributed by atoms with van der Waals surface area (Å²) in [6.07, 6.45) is -0.242. The molecule has 0 saturated heterocycles. The molecule has 0 aliphatic carbocycles. The molecule has 26 heavy (non-hydrogen) atoms. The van der Waals surface area contributed by atoms with Crippen molar-refractivity contribution in [3.05, 3.63) is 12.3 Å². The Bertz CT molecular complexity index is 448. The molecule has 0 aliphatic heterocycles. The summed E-state index contributed by atoms with van der Waals surface area (Å²) in [5.41, 5.74) is 0. The number of ether oxygens (including phenoxy) is 2. The fraction of sp³-hybridized carbons (Fsp3) is 0.900. The smallest absolute Gasteiger partial charge is 0.250 e. The summed E-state index contributed by atoms with van der Waals surface area (Å²) in [4.78, 5) is 0. The van der Waals surface area contributed by atoms with Gasteiger partial charge < -0.3 is 18.3 Å². The third kappa shape index (κ3) is 7.46. The van der Waals surface area contributed by atoms with Gasteiger partial charge in [0, 0.05) is 19.6 Å². The molecule has 0 bridgehead atoms. The minimum absolute atomic E-state index is 0.114. The molecule has 2 atom stereocenters. The average molecular weight is 405 g/mol. The molecule has 6 heteroatoms. The third-order valence-corrected chi connectivity index (χ3v) is 14.8. The first-order chi connectivity index (χ1) is 11.5. The Hall–Kier alpha value is -0.146. The van der Waals surface area contributed by atoms with E-state index in [1.807, 2.05) is 0 Å². The maximum Gasteiger partial charge on any atom is 0.250 e. The highest BCUT2D eigenvalue weighted by molar-refractivity contribution is 6.74. The largest absolute Gasteiger partial charge is 0.545 e. The SMILES string of the molecule is C=C(O[Si](C)(C)C(C)(C)C)[C@@H](OCOC)[C@H](C)CO[Si](C)(C)C(C)(C)C. The molecular weight excluding hydrogens is 360 g/mol. The second kappa shape index (κ2) is 9.37. The molecule has 156 valence electrons. The van der Waals surface area contributed by atoms with Gasteiger partial charge in [0.05, 0.1) is 0 Å². The molecule has 0 spiro atoms. The second-order valence-corrected chi connectivity index (χ2v) is 19.9. The minimum atomic E-state index is -1.96. The Kier molecular flexibility index (Phi) is 9.32. The van der Waals surface area contributed by atoms with Crippen LogP contribution < -0.4 is 0 Å². The van der Waals surface area contributed by atoms with Gasteiger partial charge in [-0.2, -0.15) is 0 Å². The third-order valence-electron chi connectivity index (χ3n) is 5.91. The van der Waals surface area contributed by atoms with Crippen molar-refractivity contribution in [1.82, 2.24) is 0 Å². The molecular formula is C20H44O4Si2. The average Bonchev–Trinajstić information content (AvgIpc) is 2.42.